The van der Waals surface area contributed by atoms with Crippen molar-refractivity contribution in [2.24, 2.45) is 34.8 Å². The van der Waals surface area contributed by atoms with Gasteiger partial charge < -0.3 is 11.1 Å². The Bertz CT molecular complexity index is 1230. The second-order valence-corrected chi connectivity index (χ2v) is 13.8. The molecule has 1 aromatic rings. The molecule has 0 spiro atoms. The van der Waals surface area contributed by atoms with Crippen molar-refractivity contribution in [1.29, 1.82) is 0 Å². The van der Waals surface area contributed by atoms with Crippen molar-refractivity contribution >= 4 is 45.0 Å². The van der Waals surface area contributed by atoms with Crippen LogP contribution >= 0.6 is 11.6 Å². The number of nitro groups is 1. The lowest BCUT2D eigenvalue weighted by atomic mass is 9.47. The molecule has 0 aromatic heterocycles. The van der Waals surface area contributed by atoms with Gasteiger partial charge in [0.05, 0.1) is 11.5 Å². The van der Waals surface area contributed by atoms with Crippen molar-refractivity contribution in [3.05, 3.63) is 33.3 Å². The average Bonchev–Trinajstić information content (AvgIpc) is 2.77. The molecule has 1 heterocycles. The van der Waals surface area contributed by atoms with E-state index >= 15 is 0 Å². The predicted molar refractivity (Wildman–Crippen MR) is 137 cm³/mol. The second kappa shape index (κ2) is 9.39. The number of primary amides is 1. The van der Waals surface area contributed by atoms with Crippen molar-refractivity contribution in [3.8, 4) is 0 Å². The maximum atomic E-state index is 13.5. The molecule has 1 aliphatic heterocycles. The van der Waals surface area contributed by atoms with Gasteiger partial charge in [-0.1, -0.05) is 18.5 Å². The molecule has 2 amide bonds. The smallest absolute Gasteiger partial charge is 0.304 e. The minimum Gasteiger partial charge on any atom is -0.370 e. The van der Waals surface area contributed by atoms with Gasteiger partial charge in [0, 0.05) is 36.6 Å². The van der Waals surface area contributed by atoms with Crippen molar-refractivity contribution < 1.29 is 22.9 Å². The molecule has 37 heavy (non-hydrogen) atoms. The van der Waals surface area contributed by atoms with Gasteiger partial charge in [0.1, 0.15) is 5.69 Å². The van der Waals surface area contributed by atoms with E-state index in [0.717, 1.165) is 46.8 Å². The van der Waals surface area contributed by atoms with Gasteiger partial charge in [-0.25, -0.2) is 0 Å². The van der Waals surface area contributed by atoms with Gasteiger partial charge in [0.25, 0.3) is 5.69 Å². The first kappa shape index (κ1) is 26.2. The number of nitrogens with two attached hydrogens (primary N) is 1. The van der Waals surface area contributed by atoms with Crippen LogP contribution < -0.4 is 15.4 Å². The van der Waals surface area contributed by atoms with Crippen LogP contribution in [0.25, 0.3) is 0 Å². The highest BCUT2D eigenvalue weighted by atomic mass is 35.5. The van der Waals surface area contributed by atoms with Gasteiger partial charge in [-0.2, -0.15) is 12.7 Å². The monoisotopic (exact) mass is 553 g/mol. The van der Waals surface area contributed by atoms with Crippen LogP contribution in [0.15, 0.2) is 18.2 Å². The zero-order valence-corrected chi connectivity index (χ0v) is 22.2. The SMILES string of the molecule is CC1CN(CC(=O)NC2C3CC4CC2CC(CC(N)=O)(C4)C3)S(=O)(=O)N(c2ccc(Cl)cc2[N+](=O)[O-])C1. The largest absolute Gasteiger partial charge is 0.370 e. The molecule has 6 rings (SSSR count). The number of hydrogen-bond donors (Lipinski definition) is 2. The third-order valence-electron chi connectivity index (χ3n) is 8.60. The standard InChI is InChI=1S/C24H32ClN5O6S/c1-14-11-28(37(35,36)29(12-14)19-3-2-18(25)6-20(19)30(33)34)13-22(32)27-23-16-4-15-5-17(23)9-24(7-15,8-16)10-21(26)31/h2-3,6,14-17,23H,4-5,7-13H2,1H3,(H2,26,31)(H,27,32). The number of carbonyl (C=O) groups excluding carboxylic acids is 2. The number of nitrogens with one attached hydrogen (secondary N) is 1. The highest BCUT2D eigenvalue weighted by molar-refractivity contribution is 7.90. The maximum absolute atomic E-state index is 13.5. The second-order valence-electron chi connectivity index (χ2n) is 11.5. The molecule has 202 valence electrons. The Hall–Kier alpha value is -2.44. The highest BCUT2D eigenvalue weighted by Gasteiger charge is 2.56. The summed E-state index contributed by atoms with van der Waals surface area (Å²) in [6.07, 6.45) is 5.08. The number of halogens is 1. The molecule has 11 nitrogen and oxygen atoms in total. The molecule has 5 fully saturated rings. The molecule has 1 aromatic carbocycles. The van der Waals surface area contributed by atoms with Crippen LogP contribution in [-0.2, 0) is 19.8 Å². The number of hydrogen-bond acceptors (Lipinski definition) is 6. The number of anilines is 1. The van der Waals surface area contributed by atoms with Crippen molar-refractivity contribution in [2.75, 3.05) is 23.9 Å². The Morgan fingerprint density at radius 2 is 1.89 bits per heavy atom. The molecule has 4 bridgehead atoms. The predicted octanol–water partition coefficient (Wildman–Crippen LogP) is 2.44. The fourth-order valence-electron chi connectivity index (χ4n) is 7.64. The van der Waals surface area contributed by atoms with Crippen LogP contribution in [0.2, 0.25) is 5.02 Å². The third-order valence-corrected chi connectivity index (χ3v) is 10.7. The lowest BCUT2D eigenvalue weighted by Gasteiger charge is -2.60. The van der Waals surface area contributed by atoms with Gasteiger partial charge in [-0.05, 0) is 73.3 Å². The lowest BCUT2D eigenvalue weighted by molar-refractivity contribution is -0.384. The molecular formula is C24H32ClN5O6S. The summed E-state index contributed by atoms with van der Waals surface area (Å²) in [6.45, 7) is 1.66. The van der Waals surface area contributed by atoms with Gasteiger partial charge >= 0.3 is 10.2 Å². The highest BCUT2D eigenvalue weighted by Crippen LogP contribution is 2.61. The summed E-state index contributed by atoms with van der Waals surface area (Å²) < 4.78 is 29.1. The summed E-state index contributed by atoms with van der Waals surface area (Å²) in [5, 5.41) is 14.9. The topological polar surface area (TPSA) is 156 Å². The molecule has 1 saturated heterocycles. The maximum Gasteiger partial charge on any atom is 0.304 e. The summed E-state index contributed by atoms with van der Waals surface area (Å²) in [5.74, 6) is 0.208. The summed E-state index contributed by atoms with van der Waals surface area (Å²) in [6, 6.07) is 3.81. The van der Waals surface area contributed by atoms with Gasteiger partial charge in [0.2, 0.25) is 11.8 Å². The normalized spacial score (nSPS) is 34.3. The van der Waals surface area contributed by atoms with Gasteiger partial charge in [-0.3, -0.25) is 24.0 Å². The van der Waals surface area contributed by atoms with Crippen LogP contribution in [0.4, 0.5) is 11.4 Å². The fourth-order valence-corrected chi connectivity index (χ4v) is 9.66. The van der Waals surface area contributed by atoms with Crippen LogP contribution in [0.1, 0.15) is 45.4 Å². The van der Waals surface area contributed by atoms with Crippen LogP contribution in [0.3, 0.4) is 0 Å². The van der Waals surface area contributed by atoms with Gasteiger partial charge in [0.15, 0.2) is 0 Å². The number of nitrogens with zero attached hydrogens (tertiary/aromatic N) is 3. The summed E-state index contributed by atoms with van der Waals surface area (Å²) in [5.41, 5.74) is 4.99. The van der Waals surface area contributed by atoms with E-state index in [1.54, 1.807) is 0 Å². The van der Waals surface area contributed by atoms with E-state index in [-0.39, 0.29) is 71.4 Å². The first-order chi connectivity index (χ1) is 17.4. The molecule has 3 unspecified atom stereocenters. The minimum absolute atomic E-state index is 0.0524. The Morgan fingerprint density at radius 3 is 2.51 bits per heavy atom. The van der Waals surface area contributed by atoms with Crippen molar-refractivity contribution in [2.45, 2.75) is 51.5 Å². The zero-order valence-electron chi connectivity index (χ0n) is 20.6. The summed E-state index contributed by atoms with van der Waals surface area (Å²) in [7, 11) is -4.19. The van der Waals surface area contributed by atoms with Crippen LogP contribution in [-0.4, -0.2) is 55.1 Å². The van der Waals surface area contributed by atoms with E-state index in [2.05, 4.69) is 5.32 Å². The molecule has 3 N–H and O–H groups in total. The Balaban J connectivity index is 1.31. The lowest BCUT2D eigenvalue weighted by Crippen LogP contribution is -2.61. The minimum atomic E-state index is -4.19. The molecule has 0 radical (unpaired) electrons. The Morgan fingerprint density at radius 1 is 1.22 bits per heavy atom. The number of carbonyl (C=O) groups is 2. The van der Waals surface area contributed by atoms with Gasteiger partial charge in [-0.15, -0.1) is 0 Å². The fraction of sp³-hybridized carbons (Fsp3) is 0.667. The molecule has 4 aliphatic carbocycles. The average molecular weight is 554 g/mol. The molecule has 4 saturated carbocycles. The first-order valence-corrected chi connectivity index (χ1v) is 14.4. The third kappa shape index (κ3) is 4.90. The van der Waals surface area contributed by atoms with E-state index in [1.165, 1.54) is 12.1 Å². The summed E-state index contributed by atoms with van der Waals surface area (Å²) in [4.78, 5) is 35.8. The Kier molecular flexibility index (Phi) is 6.64. The number of benzene rings is 1. The van der Waals surface area contributed by atoms with E-state index < -0.39 is 20.8 Å². The number of rotatable bonds is 7. The number of nitro benzene ring substituents is 1. The quantitative estimate of drug-likeness (QED) is 0.390. The van der Waals surface area contributed by atoms with E-state index in [0.29, 0.717) is 12.3 Å². The van der Waals surface area contributed by atoms with E-state index in [4.69, 9.17) is 17.3 Å². The molecule has 13 heteroatoms. The molecule has 3 atom stereocenters. The van der Waals surface area contributed by atoms with Crippen molar-refractivity contribution in [3.63, 3.8) is 0 Å². The Labute approximate surface area is 221 Å². The molecular weight excluding hydrogens is 522 g/mol. The van der Waals surface area contributed by atoms with Crippen molar-refractivity contribution in [1.82, 2.24) is 9.62 Å². The van der Waals surface area contributed by atoms with Crippen LogP contribution in [0, 0.1) is 39.2 Å². The number of amides is 2. The zero-order chi connectivity index (χ0) is 26.7. The van der Waals surface area contributed by atoms with E-state index in [1.807, 2.05) is 6.92 Å². The summed E-state index contributed by atoms with van der Waals surface area (Å²) >= 11 is 5.92. The first-order valence-electron chi connectivity index (χ1n) is 12.7. The molecule has 5 aliphatic rings. The van der Waals surface area contributed by atoms with Crippen LogP contribution in [0.5, 0.6) is 0 Å². The van der Waals surface area contributed by atoms with E-state index in [9.17, 15) is 28.1 Å².